The van der Waals surface area contributed by atoms with Gasteiger partial charge in [-0.1, -0.05) is 0 Å². The van der Waals surface area contributed by atoms with Gasteiger partial charge >= 0.3 is 11.9 Å². The van der Waals surface area contributed by atoms with Crippen LogP contribution in [0.4, 0.5) is 11.4 Å². The maximum absolute atomic E-state index is 11.7. The molecule has 35 heavy (non-hydrogen) atoms. The van der Waals surface area contributed by atoms with Crippen molar-refractivity contribution in [2.45, 2.75) is 0 Å². The first-order valence-electron chi connectivity index (χ1n) is 11.3. The van der Waals surface area contributed by atoms with Crippen molar-refractivity contribution in [2.24, 2.45) is 0 Å². The molecule has 2 fully saturated rings. The smallest absolute Gasteiger partial charge is 0.341 e. The highest BCUT2D eigenvalue weighted by molar-refractivity contribution is 5.94. The summed E-state index contributed by atoms with van der Waals surface area (Å²) < 4.78 is 25.5. The van der Waals surface area contributed by atoms with Gasteiger partial charge in [0, 0.05) is 37.6 Å². The van der Waals surface area contributed by atoms with Crippen molar-refractivity contribution < 1.29 is 38.4 Å². The second-order valence-electron chi connectivity index (χ2n) is 7.76. The van der Waals surface area contributed by atoms with Crippen LogP contribution in [0.5, 0.6) is 11.5 Å². The molecule has 0 spiro atoms. The molecule has 0 bridgehead atoms. The largest absolute Gasteiger partial charge is 0.496 e. The van der Waals surface area contributed by atoms with Crippen LogP contribution in [0.15, 0.2) is 36.4 Å². The molecule has 0 aromatic heterocycles. The number of carboxylic acids is 1. The zero-order chi connectivity index (χ0) is 25.2. The molecule has 1 N–H and O–H groups in total. The van der Waals surface area contributed by atoms with E-state index in [1.807, 2.05) is 12.1 Å². The van der Waals surface area contributed by atoms with Gasteiger partial charge in [0.05, 0.1) is 47.8 Å². The van der Waals surface area contributed by atoms with Gasteiger partial charge in [-0.25, -0.2) is 9.59 Å². The molecule has 2 aromatic rings. The summed E-state index contributed by atoms with van der Waals surface area (Å²) in [6.45, 7) is 5.98. The SMILES string of the molecule is COC(=O)c1cc(N2CCOCC2)ccc1OC.COc1ccc(N2CCOCC2)cc1C(=O)O. The number of anilines is 2. The van der Waals surface area contributed by atoms with E-state index in [0.29, 0.717) is 43.5 Å². The lowest BCUT2D eigenvalue weighted by molar-refractivity contribution is 0.0596. The topological polar surface area (TPSA) is 107 Å². The third kappa shape index (κ3) is 6.77. The normalized spacial score (nSPS) is 15.5. The van der Waals surface area contributed by atoms with Crippen molar-refractivity contribution in [3.05, 3.63) is 47.5 Å². The lowest BCUT2D eigenvalue weighted by Gasteiger charge is -2.29. The van der Waals surface area contributed by atoms with Gasteiger partial charge in [0.2, 0.25) is 0 Å². The quantitative estimate of drug-likeness (QED) is 0.610. The van der Waals surface area contributed by atoms with Crippen molar-refractivity contribution in [1.29, 1.82) is 0 Å². The molecule has 0 amide bonds. The van der Waals surface area contributed by atoms with Crippen LogP contribution in [-0.4, -0.2) is 91.0 Å². The van der Waals surface area contributed by atoms with Gasteiger partial charge in [-0.05, 0) is 36.4 Å². The summed E-state index contributed by atoms with van der Waals surface area (Å²) in [7, 11) is 4.37. The maximum Gasteiger partial charge on any atom is 0.341 e. The summed E-state index contributed by atoms with van der Waals surface area (Å²) >= 11 is 0. The Kier molecular flexibility index (Phi) is 9.56. The second kappa shape index (κ2) is 12.8. The van der Waals surface area contributed by atoms with E-state index in [4.69, 9.17) is 28.8 Å². The number of rotatable bonds is 6. The predicted molar refractivity (Wildman–Crippen MR) is 130 cm³/mol. The maximum atomic E-state index is 11.7. The van der Waals surface area contributed by atoms with Crippen LogP contribution >= 0.6 is 0 Å². The lowest BCUT2D eigenvalue weighted by Crippen LogP contribution is -2.36. The van der Waals surface area contributed by atoms with E-state index in [9.17, 15) is 9.59 Å². The Morgan fingerprint density at radius 1 is 0.743 bits per heavy atom. The van der Waals surface area contributed by atoms with Crippen LogP contribution < -0.4 is 19.3 Å². The summed E-state index contributed by atoms with van der Waals surface area (Å²) in [5.41, 5.74) is 2.52. The van der Waals surface area contributed by atoms with E-state index >= 15 is 0 Å². The van der Waals surface area contributed by atoms with Crippen LogP contribution in [0.25, 0.3) is 0 Å². The van der Waals surface area contributed by atoms with Gasteiger partial charge in [0.15, 0.2) is 0 Å². The number of methoxy groups -OCH3 is 3. The van der Waals surface area contributed by atoms with Gasteiger partial charge in [-0.15, -0.1) is 0 Å². The van der Waals surface area contributed by atoms with Crippen LogP contribution in [0.2, 0.25) is 0 Å². The molecule has 190 valence electrons. The van der Waals surface area contributed by atoms with E-state index in [-0.39, 0.29) is 11.5 Å². The molecule has 2 aromatic carbocycles. The van der Waals surface area contributed by atoms with Crippen molar-refractivity contribution >= 4 is 23.3 Å². The highest BCUT2D eigenvalue weighted by Gasteiger charge is 2.18. The highest BCUT2D eigenvalue weighted by Crippen LogP contribution is 2.27. The minimum absolute atomic E-state index is 0.191. The molecule has 2 heterocycles. The first-order chi connectivity index (χ1) is 17.0. The van der Waals surface area contributed by atoms with Gasteiger partial charge in [0.25, 0.3) is 0 Å². The zero-order valence-electron chi connectivity index (χ0n) is 20.3. The zero-order valence-corrected chi connectivity index (χ0v) is 20.3. The predicted octanol–water partition coefficient (Wildman–Crippen LogP) is 2.55. The molecule has 2 aliphatic rings. The van der Waals surface area contributed by atoms with Gasteiger partial charge in [0.1, 0.15) is 22.6 Å². The Morgan fingerprint density at radius 2 is 1.17 bits per heavy atom. The Labute approximate surface area is 204 Å². The van der Waals surface area contributed by atoms with Gasteiger partial charge in [-0.2, -0.15) is 0 Å². The van der Waals surface area contributed by atoms with E-state index in [1.165, 1.54) is 21.3 Å². The van der Waals surface area contributed by atoms with Crippen molar-refractivity contribution in [2.75, 3.05) is 83.7 Å². The number of hydrogen-bond acceptors (Lipinski definition) is 9. The lowest BCUT2D eigenvalue weighted by atomic mass is 10.1. The fraction of sp³-hybridized carbons (Fsp3) is 0.440. The van der Waals surface area contributed by atoms with Crippen molar-refractivity contribution in [3.63, 3.8) is 0 Å². The number of aromatic carboxylic acids is 1. The molecule has 2 aliphatic heterocycles. The molecule has 4 rings (SSSR count). The molecule has 0 atom stereocenters. The van der Waals surface area contributed by atoms with E-state index in [0.717, 1.165) is 37.6 Å². The number of hydrogen-bond donors (Lipinski definition) is 1. The Bertz CT molecular complexity index is 1000. The Morgan fingerprint density at radius 3 is 1.57 bits per heavy atom. The number of esters is 1. The van der Waals surface area contributed by atoms with E-state index in [2.05, 4.69) is 9.80 Å². The molecule has 10 heteroatoms. The standard InChI is InChI=1S/C13H17NO4.C12H15NO4/c1-16-12-4-3-10(9-11(12)13(15)17-2)14-5-7-18-8-6-14;1-16-11-3-2-9(8-10(11)12(14)15)13-4-6-17-7-5-13/h3-4,9H,5-8H2,1-2H3;2-3,8H,4-7H2,1H3,(H,14,15). The van der Waals surface area contributed by atoms with E-state index < -0.39 is 5.97 Å². The average molecular weight is 489 g/mol. The molecule has 10 nitrogen and oxygen atoms in total. The number of carbonyl (C=O) groups excluding carboxylic acids is 1. The number of ether oxygens (including phenoxy) is 5. The molecule has 0 aliphatic carbocycles. The molecule has 0 saturated carbocycles. The Hall–Kier alpha value is -3.50. The first-order valence-corrected chi connectivity index (χ1v) is 11.3. The molecular weight excluding hydrogens is 456 g/mol. The fourth-order valence-corrected chi connectivity index (χ4v) is 3.87. The number of nitrogens with zero attached hydrogens (tertiary/aromatic N) is 2. The van der Waals surface area contributed by atoms with Crippen molar-refractivity contribution in [1.82, 2.24) is 0 Å². The number of morpholine rings is 2. The molecule has 0 radical (unpaired) electrons. The molecular formula is C25H32N2O8. The number of benzene rings is 2. The minimum atomic E-state index is -0.975. The summed E-state index contributed by atoms with van der Waals surface area (Å²) in [5, 5.41) is 9.10. The molecule has 0 unspecified atom stereocenters. The number of carbonyl (C=O) groups is 2. The van der Waals surface area contributed by atoms with Gasteiger partial charge in [-0.3, -0.25) is 0 Å². The molecule has 2 saturated heterocycles. The summed E-state index contributed by atoms with van der Waals surface area (Å²) in [6.07, 6.45) is 0. The highest BCUT2D eigenvalue weighted by atomic mass is 16.5. The minimum Gasteiger partial charge on any atom is -0.496 e. The summed E-state index contributed by atoms with van der Waals surface area (Å²) in [6, 6.07) is 10.7. The van der Waals surface area contributed by atoms with Crippen LogP contribution in [-0.2, 0) is 14.2 Å². The van der Waals surface area contributed by atoms with Gasteiger partial charge < -0.3 is 38.6 Å². The summed E-state index contributed by atoms with van der Waals surface area (Å²) in [4.78, 5) is 27.1. The fourth-order valence-electron chi connectivity index (χ4n) is 3.87. The third-order valence-electron chi connectivity index (χ3n) is 5.75. The average Bonchev–Trinajstić information content (AvgIpc) is 2.93. The summed E-state index contributed by atoms with van der Waals surface area (Å²) in [5.74, 6) is -0.452. The Balaban J connectivity index is 0.000000196. The van der Waals surface area contributed by atoms with E-state index in [1.54, 1.807) is 24.3 Å². The monoisotopic (exact) mass is 488 g/mol. The van der Waals surface area contributed by atoms with Crippen molar-refractivity contribution in [3.8, 4) is 11.5 Å². The van der Waals surface area contributed by atoms with Crippen LogP contribution in [0, 0.1) is 0 Å². The second-order valence-corrected chi connectivity index (χ2v) is 7.76. The van der Waals surface area contributed by atoms with Crippen LogP contribution in [0.3, 0.4) is 0 Å². The first kappa shape index (κ1) is 26.1. The number of carboxylic acid groups (broad SMARTS) is 1. The van der Waals surface area contributed by atoms with Crippen LogP contribution in [0.1, 0.15) is 20.7 Å². The third-order valence-corrected chi connectivity index (χ3v) is 5.75.